The highest BCUT2D eigenvalue weighted by atomic mass is 15.3. The van der Waals surface area contributed by atoms with E-state index < -0.39 is 0 Å². The van der Waals surface area contributed by atoms with E-state index in [1.807, 2.05) is 12.4 Å². The first-order valence-electron chi connectivity index (χ1n) is 5.61. The van der Waals surface area contributed by atoms with Gasteiger partial charge in [-0.15, -0.1) is 10.2 Å². The highest BCUT2D eigenvalue weighted by Crippen LogP contribution is 2.37. The first kappa shape index (κ1) is 8.86. The minimum Gasteiger partial charge on any atom is -0.310 e. The molecule has 84 valence electrons. The van der Waals surface area contributed by atoms with Crippen LogP contribution in [0.5, 0.6) is 0 Å². The Kier molecular flexibility index (Phi) is 1.63. The van der Waals surface area contributed by atoms with Gasteiger partial charge in [0.05, 0.1) is 23.5 Å². The van der Waals surface area contributed by atoms with Crippen LogP contribution in [0.2, 0.25) is 0 Å². The molecule has 0 aromatic carbocycles. The third kappa shape index (κ3) is 1.27. The average Bonchev–Trinajstić information content (AvgIpc) is 2.94. The Hall–Kier alpha value is -2.24. The summed E-state index contributed by atoms with van der Waals surface area (Å²) < 4.78 is 3.93. The second-order valence-electron chi connectivity index (χ2n) is 4.26. The van der Waals surface area contributed by atoms with Crippen LogP contribution in [0.15, 0.2) is 31.1 Å². The monoisotopic (exact) mass is 226 g/mol. The summed E-state index contributed by atoms with van der Waals surface area (Å²) in [6.45, 7) is 0. The van der Waals surface area contributed by atoms with Crippen molar-refractivity contribution >= 4 is 5.52 Å². The molecule has 0 unspecified atom stereocenters. The van der Waals surface area contributed by atoms with E-state index in [-0.39, 0.29) is 0 Å². The second kappa shape index (κ2) is 3.13. The molecule has 4 rings (SSSR count). The van der Waals surface area contributed by atoms with Gasteiger partial charge in [0, 0.05) is 18.4 Å². The summed E-state index contributed by atoms with van der Waals surface area (Å²) in [6, 6.07) is 0.562. The second-order valence-corrected chi connectivity index (χ2v) is 4.26. The van der Waals surface area contributed by atoms with Crippen molar-refractivity contribution in [3.8, 4) is 11.4 Å². The molecule has 0 atom stereocenters. The number of hydrogen-bond donors (Lipinski definition) is 0. The van der Waals surface area contributed by atoms with Crippen molar-refractivity contribution in [2.24, 2.45) is 0 Å². The Bertz CT molecular complexity index is 678. The number of nitrogens with zero attached hydrogens (tertiary/aromatic N) is 6. The molecule has 6 heteroatoms. The highest BCUT2D eigenvalue weighted by Gasteiger charge is 2.27. The van der Waals surface area contributed by atoms with Gasteiger partial charge in [0.25, 0.3) is 0 Å². The Morgan fingerprint density at radius 2 is 2.18 bits per heavy atom. The highest BCUT2D eigenvalue weighted by molar-refractivity contribution is 5.74. The lowest BCUT2D eigenvalue weighted by Crippen LogP contribution is -1.95. The van der Waals surface area contributed by atoms with Crippen molar-refractivity contribution in [1.29, 1.82) is 0 Å². The van der Waals surface area contributed by atoms with Crippen LogP contribution in [0.4, 0.5) is 0 Å². The van der Waals surface area contributed by atoms with Gasteiger partial charge in [-0.1, -0.05) is 0 Å². The Balaban J connectivity index is 1.95. The molecule has 0 saturated heterocycles. The molecule has 3 aromatic rings. The lowest BCUT2D eigenvalue weighted by atomic mass is 10.3. The van der Waals surface area contributed by atoms with E-state index in [0.29, 0.717) is 6.04 Å². The number of fused-ring (bicyclic) bond motifs is 1. The SMILES string of the molecule is c1cn2ncc(-c3nncn3C3CC3)c2cn1. The van der Waals surface area contributed by atoms with Gasteiger partial charge < -0.3 is 4.57 Å². The van der Waals surface area contributed by atoms with E-state index in [0.717, 1.165) is 16.9 Å². The summed E-state index contributed by atoms with van der Waals surface area (Å²) in [7, 11) is 0. The first-order chi connectivity index (χ1) is 8.43. The summed E-state index contributed by atoms with van der Waals surface area (Å²) in [5.41, 5.74) is 1.95. The lowest BCUT2D eigenvalue weighted by Gasteiger charge is -2.02. The molecule has 1 aliphatic carbocycles. The smallest absolute Gasteiger partial charge is 0.167 e. The molecule has 0 aliphatic heterocycles. The summed E-state index contributed by atoms with van der Waals surface area (Å²) in [5.74, 6) is 0.885. The molecule has 17 heavy (non-hydrogen) atoms. The number of aromatic nitrogens is 6. The maximum atomic E-state index is 4.29. The molecule has 0 N–H and O–H groups in total. The van der Waals surface area contributed by atoms with Gasteiger partial charge in [0.15, 0.2) is 5.82 Å². The van der Waals surface area contributed by atoms with Crippen molar-refractivity contribution < 1.29 is 0 Å². The topological polar surface area (TPSA) is 60.9 Å². The maximum absolute atomic E-state index is 4.29. The fourth-order valence-corrected chi connectivity index (χ4v) is 2.06. The Morgan fingerprint density at radius 1 is 1.24 bits per heavy atom. The minimum absolute atomic E-state index is 0.562. The lowest BCUT2D eigenvalue weighted by molar-refractivity contribution is 0.746. The largest absolute Gasteiger partial charge is 0.310 e. The summed E-state index contributed by atoms with van der Waals surface area (Å²) in [5, 5.41) is 12.5. The first-order valence-corrected chi connectivity index (χ1v) is 5.61. The minimum atomic E-state index is 0.562. The zero-order valence-electron chi connectivity index (χ0n) is 9.06. The van der Waals surface area contributed by atoms with Crippen molar-refractivity contribution in [3.63, 3.8) is 0 Å². The molecule has 3 heterocycles. The molecular weight excluding hydrogens is 216 g/mol. The zero-order valence-corrected chi connectivity index (χ0v) is 9.06. The van der Waals surface area contributed by atoms with Crippen molar-refractivity contribution in [2.45, 2.75) is 18.9 Å². The molecule has 0 radical (unpaired) electrons. The molecule has 1 saturated carbocycles. The predicted octanol–water partition coefficient (Wildman–Crippen LogP) is 1.32. The van der Waals surface area contributed by atoms with E-state index in [4.69, 9.17) is 0 Å². The van der Waals surface area contributed by atoms with Gasteiger partial charge in [-0.25, -0.2) is 4.52 Å². The van der Waals surface area contributed by atoms with Gasteiger partial charge in [-0.2, -0.15) is 5.10 Å². The van der Waals surface area contributed by atoms with Crippen molar-refractivity contribution in [3.05, 3.63) is 31.1 Å². The van der Waals surface area contributed by atoms with Crippen molar-refractivity contribution in [2.75, 3.05) is 0 Å². The van der Waals surface area contributed by atoms with Gasteiger partial charge in [0.1, 0.15) is 6.33 Å². The van der Waals surface area contributed by atoms with Crippen molar-refractivity contribution in [1.82, 2.24) is 29.4 Å². The van der Waals surface area contributed by atoms with Crippen LogP contribution in [-0.2, 0) is 0 Å². The van der Waals surface area contributed by atoms with Gasteiger partial charge in [0.2, 0.25) is 0 Å². The summed E-state index contributed by atoms with van der Waals surface area (Å²) in [6.07, 6.45) is 11.4. The molecule has 0 spiro atoms. The fourth-order valence-electron chi connectivity index (χ4n) is 2.06. The molecule has 1 aliphatic rings. The fraction of sp³-hybridized carbons (Fsp3) is 0.273. The number of rotatable bonds is 2. The van der Waals surface area contributed by atoms with Crippen LogP contribution in [0.1, 0.15) is 18.9 Å². The normalized spacial score (nSPS) is 15.5. The van der Waals surface area contributed by atoms with E-state index in [2.05, 4.69) is 24.8 Å². The van der Waals surface area contributed by atoms with Crippen LogP contribution in [0.3, 0.4) is 0 Å². The zero-order chi connectivity index (χ0) is 11.2. The van der Waals surface area contributed by atoms with Gasteiger partial charge in [-0.3, -0.25) is 4.98 Å². The van der Waals surface area contributed by atoms with Gasteiger partial charge >= 0.3 is 0 Å². The third-order valence-corrected chi connectivity index (χ3v) is 3.08. The van der Waals surface area contributed by atoms with Crippen LogP contribution in [0, 0.1) is 0 Å². The van der Waals surface area contributed by atoms with Crippen LogP contribution < -0.4 is 0 Å². The van der Waals surface area contributed by atoms with Crippen LogP contribution in [-0.4, -0.2) is 29.4 Å². The van der Waals surface area contributed by atoms with Crippen LogP contribution in [0.25, 0.3) is 16.9 Å². The Labute approximate surface area is 96.9 Å². The molecule has 3 aromatic heterocycles. The van der Waals surface area contributed by atoms with E-state index in [1.165, 1.54) is 12.8 Å². The van der Waals surface area contributed by atoms with E-state index >= 15 is 0 Å². The average molecular weight is 226 g/mol. The molecule has 1 fully saturated rings. The van der Waals surface area contributed by atoms with E-state index in [9.17, 15) is 0 Å². The van der Waals surface area contributed by atoms with E-state index in [1.54, 1.807) is 23.2 Å². The summed E-state index contributed by atoms with van der Waals surface area (Å²) >= 11 is 0. The quantitative estimate of drug-likeness (QED) is 0.661. The molecule has 6 nitrogen and oxygen atoms in total. The maximum Gasteiger partial charge on any atom is 0.167 e. The molecule has 0 bridgehead atoms. The molecule has 0 amide bonds. The third-order valence-electron chi connectivity index (χ3n) is 3.08. The van der Waals surface area contributed by atoms with Crippen LogP contribution >= 0.6 is 0 Å². The predicted molar refractivity (Wildman–Crippen MR) is 60.3 cm³/mol. The summed E-state index contributed by atoms with van der Waals surface area (Å²) in [4.78, 5) is 4.13. The molecular formula is C11H10N6. The van der Waals surface area contributed by atoms with Gasteiger partial charge in [-0.05, 0) is 12.8 Å². The number of hydrogen-bond acceptors (Lipinski definition) is 4. The standard InChI is InChI=1S/C11H10N6/c1-2-8(1)16-7-13-15-11(16)9-5-14-17-4-3-12-6-10(9)17/h3-8H,1-2H2. The Morgan fingerprint density at radius 3 is 3.06 bits per heavy atom.